The second kappa shape index (κ2) is 9.21. The number of thiazole rings is 2. The number of nitrogens with zero attached hydrogens (tertiary/aromatic N) is 2. The number of rotatable bonds is 3. The molecule has 7 nitrogen and oxygen atoms in total. The fraction of sp³-hybridized carbons (Fsp3) is 0. The summed E-state index contributed by atoms with van der Waals surface area (Å²) in [6, 6.07) is 19.3. The molecule has 0 saturated carbocycles. The minimum Gasteiger partial charge on any atom is -0.508 e. The summed E-state index contributed by atoms with van der Waals surface area (Å²) in [5.74, 6) is 1.27. The summed E-state index contributed by atoms with van der Waals surface area (Å²) in [5, 5.41) is 9.03. The number of para-hydroxylation sites is 1. The quantitative estimate of drug-likeness (QED) is 0.368. The van der Waals surface area contributed by atoms with E-state index in [0.29, 0.717) is 17.2 Å². The molecule has 150 valence electrons. The van der Waals surface area contributed by atoms with Crippen LogP contribution in [0.4, 0.5) is 4.79 Å². The Morgan fingerprint density at radius 3 is 2.23 bits per heavy atom. The van der Waals surface area contributed by atoms with Crippen molar-refractivity contribution in [1.29, 1.82) is 0 Å². The van der Waals surface area contributed by atoms with E-state index in [-0.39, 0.29) is 0 Å². The summed E-state index contributed by atoms with van der Waals surface area (Å²) < 4.78 is 7.04. The maximum atomic E-state index is 11.5. The molecule has 0 radical (unpaired) electrons. The molecule has 2 aromatic heterocycles. The van der Waals surface area contributed by atoms with Crippen molar-refractivity contribution in [2.75, 3.05) is 0 Å². The second-order valence-electron chi connectivity index (χ2n) is 5.89. The highest BCUT2D eigenvalue weighted by Crippen LogP contribution is 2.23. The number of fused-ring (bicyclic) bond motifs is 2. The van der Waals surface area contributed by atoms with Crippen LogP contribution in [-0.4, -0.2) is 21.2 Å². The number of carbonyl (C=O) groups is 1. The van der Waals surface area contributed by atoms with Gasteiger partial charge < -0.3 is 14.7 Å². The normalized spacial score (nSPS) is 10.3. The lowest BCUT2D eigenvalue weighted by molar-refractivity contribution is 0.142. The Balaban J connectivity index is 0.000000181. The Kier molecular flexibility index (Phi) is 6.02. The smallest absolute Gasteiger partial charge is 0.446 e. The highest BCUT2D eigenvalue weighted by Gasteiger charge is 2.05. The van der Waals surface area contributed by atoms with Gasteiger partial charge in [0, 0.05) is 6.07 Å². The van der Waals surface area contributed by atoms with Crippen molar-refractivity contribution in [2.24, 2.45) is 0 Å². The van der Waals surface area contributed by atoms with E-state index < -0.39 is 6.09 Å². The van der Waals surface area contributed by atoms with Crippen molar-refractivity contribution in [3.8, 4) is 17.2 Å². The maximum Gasteiger partial charge on any atom is 0.446 e. The standard InChI is InChI=1S/C14H10N2O3S.C7H5NOS/c17-14(18-10-4-2-1-3-5-10)16-19-11-6-7-12-13(8-11)20-9-15-12;9-5-1-2-6-7(3-5)10-4-8-6/h1-9H,(H,16,17);1-4,9H. The van der Waals surface area contributed by atoms with Gasteiger partial charge in [-0.25, -0.2) is 14.8 Å². The summed E-state index contributed by atoms with van der Waals surface area (Å²) in [4.78, 5) is 24.9. The molecule has 0 spiro atoms. The number of benzene rings is 3. The van der Waals surface area contributed by atoms with Gasteiger partial charge >= 0.3 is 6.09 Å². The van der Waals surface area contributed by atoms with Crippen LogP contribution in [-0.2, 0) is 0 Å². The first-order valence-electron chi connectivity index (χ1n) is 8.72. The highest BCUT2D eigenvalue weighted by molar-refractivity contribution is 7.17. The molecule has 5 aromatic rings. The third kappa shape index (κ3) is 5.02. The molecule has 0 bridgehead atoms. The van der Waals surface area contributed by atoms with E-state index >= 15 is 0 Å². The Labute approximate surface area is 179 Å². The Morgan fingerprint density at radius 2 is 1.50 bits per heavy atom. The zero-order valence-electron chi connectivity index (χ0n) is 15.4. The molecular weight excluding hydrogens is 422 g/mol. The molecule has 2 heterocycles. The van der Waals surface area contributed by atoms with Crippen molar-refractivity contribution in [2.45, 2.75) is 0 Å². The molecule has 0 saturated heterocycles. The van der Waals surface area contributed by atoms with Gasteiger partial charge in [0.2, 0.25) is 0 Å². The van der Waals surface area contributed by atoms with Gasteiger partial charge in [-0.1, -0.05) is 18.2 Å². The average molecular weight is 438 g/mol. The number of ether oxygens (including phenoxy) is 1. The van der Waals surface area contributed by atoms with Crippen molar-refractivity contribution < 1.29 is 19.5 Å². The van der Waals surface area contributed by atoms with Gasteiger partial charge in [-0.15, -0.1) is 22.7 Å². The minimum atomic E-state index is -0.680. The first-order valence-corrected chi connectivity index (χ1v) is 10.5. The van der Waals surface area contributed by atoms with Crippen molar-refractivity contribution in [1.82, 2.24) is 15.4 Å². The lowest BCUT2D eigenvalue weighted by Gasteiger charge is -2.07. The van der Waals surface area contributed by atoms with Gasteiger partial charge in [-0.2, -0.15) is 5.48 Å². The maximum absolute atomic E-state index is 11.5. The molecule has 1 amide bonds. The van der Waals surface area contributed by atoms with E-state index in [9.17, 15) is 4.79 Å². The molecule has 0 aliphatic rings. The second-order valence-corrected chi connectivity index (χ2v) is 7.67. The highest BCUT2D eigenvalue weighted by atomic mass is 32.1. The predicted molar refractivity (Wildman–Crippen MR) is 117 cm³/mol. The first-order chi connectivity index (χ1) is 14.7. The molecule has 0 aliphatic carbocycles. The van der Waals surface area contributed by atoms with E-state index in [4.69, 9.17) is 14.7 Å². The molecule has 9 heteroatoms. The van der Waals surface area contributed by atoms with Gasteiger partial charge in [0.25, 0.3) is 0 Å². The van der Waals surface area contributed by atoms with Gasteiger partial charge in [-0.05, 0) is 42.5 Å². The van der Waals surface area contributed by atoms with Gasteiger partial charge in [-0.3, -0.25) is 0 Å². The minimum absolute atomic E-state index is 0.303. The number of hydroxylamine groups is 1. The number of phenolic OH excluding ortho intramolecular Hbond substituents is 1. The van der Waals surface area contributed by atoms with Crippen LogP contribution in [0.25, 0.3) is 20.4 Å². The van der Waals surface area contributed by atoms with Gasteiger partial charge in [0.15, 0.2) is 5.75 Å². The number of nitrogens with one attached hydrogen (secondary N) is 1. The molecule has 0 atom stereocenters. The lowest BCUT2D eigenvalue weighted by Crippen LogP contribution is -2.29. The molecule has 3 aromatic carbocycles. The predicted octanol–water partition coefficient (Wildman–Crippen LogP) is 5.38. The number of carbonyl (C=O) groups excluding carboxylic acids is 1. The van der Waals surface area contributed by atoms with Gasteiger partial charge in [0.05, 0.1) is 31.5 Å². The van der Waals surface area contributed by atoms with E-state index in [1.807, 2.05) is 12.1 Å². The van der Waals surface area contributed by atoms with Crippen molar-refractivity contribution in [3.05, 3.63) is 77.8 Å². The summed E-state index contributed by atoms with van der Waals surface area (Å²) in [6.07, 6.45) is -0.680. The van der Waals surface area contributed by atoms with Crippen molar-refractivity contribution >= 4 is 49.2 Å². The van der Waals surface area contributed by atoms with Crippen LogP contribution in [0.2, 0.25) is 0 Å². The summed E-state index contributed by atoms with van der Waals surface area (Å²) >= 11 is 3.03. The third-order valence-corrected chi connectivity index (χ3v) is 5.41. The summed E-state index contributed by atoms with van der Waals surface area (Å²) in [7, 11) is 0. The molecule has 2 N–H and O–H groups in total. The molecule has 5 rings (SSSR count). The van der Waals surface area contributed by atoms with E-state index in [2.05, 4.69) is 15.4 Å². The van der Waals surface area contributed by atoms with Crippen LogP contribution in [0.1, 0.15) is 0 Å². The Bertz CT molecular complexity index is 1270. The SMILES string of the molecule is O=C(NOc1ccc2ncsc2c1)Oc1ccccc1.Oc1ccc2ncsc2c1. The fourth-order valence-electron chi connectivity index (χ4n) is 2.46. The number of amides is 1. The Morgan fingerprint density at radius 1 is 0.833 bits per heavy atom. The summed E-state index contributed by atoms with van der Waals surface area (Å²) in [5.41, 5.74) is 7.60. The van der Waals surface area contributed by atoms with Crippen LogP contribution in [0.5, 0.6) is 17.2 Å². The first kappa shape index (κ1) is 19.6. The third-order valence-electron chi connectivity index (χ3n) is 3.82. The van der Waals surface area contributed by atoms with Crippen LogP contribution in [0, 0.1) is 0 Å². The van der Waals surface area contributed by atoms with E-state index in [1.165, 1.54) is 22.7 Å². The molecule has 0 fully saturated rings. The molecule has 0 unspecified atom stereocenters. The zero-order chi connectivity index (χ0) is 20.8. The number of phenols is 1. The number of aromatic hydroxyl groups is 1. The van der Waals surface area contributed by atoms with Crippen LogP contribution in [0.15, 0.2) is 77.8 Å². The van der Waals surface area contributed by atoms with Crippen LogP contribution in [0.3, 0.4) is 0 Å². The lowest BCUT2D eigenvalue weighted by atomic mass is 10.3. The average Bonchev–Trinajstić information content (AvgIpc) is 3.42. The van der Waals surface area contributed by atoms with Crippen molar-refractivity contribution in [3.63, 3.8) is 0 Å². The molecule has 0 aliphatic heterocycles. The number of hydrogen-bond donors (Lipinski definition) is 2. The van der Waals surface area contributed by atoms with E-state index in [1.54, 1.807) is 65.6 Å². The molecular formula is C21H15N3O4S2. The van der Waals surface area contributed by atoms with Crippen LogP contribution >= 0.6 is 22.7 Å². The number of hydrogen-bond acceptors (Lipinski definition) is 8. The summed E-state index contributed by atoms with van der Waals surface area (Å²) in [6.45, 7) is 0. The zero-order valence-corrected chi connectivity index (χ0v) is 17.0. The van der Waals surface area contributed by atoms with Crippen LogP contribution < -0.4 is 15.1 Å². The molecule has 30 heavy (non-hydrogen) atoms. The van der Waals surface area contributed by atoms with E-state index in [0.717, 1.165) is 20.4 Å². The van der Waals surface area contributed by atoms with Gasteiger partial charge in [0.1, 0.15) is 11.5 Å². The topological polar surface area (TPSA) is 93.6 Å². The largest absolute Gasteiger partial charge is 0.508 e. The Hall–Kier alpha value is -3.69. The monoisotopic (exact) mass is 437 g/mol. The number of aromatic nitrogens is 2. The fourth-order valence-corrected chi connectivity index (χ4v) is 3.88.